The van der Waals surface area contributed by atoms with Gasteiger partial charge in [-0.3, -0.25) is 4.98 Å². The number of hydrogen-bond acceptors (Lipinski definition) is 3. The molecule has 0 aliphatic heterocycles. The molecule has 1 aromatic heterocycles. The first-order chi connectivity index (χ1) is 18.8. The van der Waals surface area contributed by atoms with Crippen molar-refractivity contribution in [1.29, 1.82) is 0 Å². The van der Waals surface area contributed by atoms with Crippen LogP contribution in [0.4, 0.5) is 0 Å². The van der Waals surface area contributed by atoms with Crippen molar-refractivity contribution in [2.24, 2.45) is 0 Å². The van der Waals surface area contributed by atoms with Gasteiger partial charge in [-0.2, -0.15) is 0 Å². The molecule has 0 unspecified atom stereocenters. The largest absolute Gasteiger partial charge is 0.496 e. The van der Waals surface area contributed by atoms with Crippen molar-refractivity contribution in [2.75, 3.05) is 14.2 Å². The van der Waals surface area contributed by atoms with E-state index in [1.54, 1.807) is 14.2 Å². The predicted molar refractivity (Wildman–Crippen MR) is 163 cm³/mol. The van der Waals surface area contributed by atoms with Gasteiger partial charge in [0.25, 0.3) is 0 Å². The van der Waals surface area contributed by atoms with Crippen LogP contribution in [0, 0.1) is 0 Å². The summed E-state index contributed by atoms with van der Waals surface area (Å²) in [5, 5.41) is 0. The summed E-state index contributed by atoms with van der Waals surface area (Å²) < 4.78 is 13.8. The summed E-state index contributed by atoms with van der Waals surface area (Å²) in [4.78, 5) is 4.69. The van der Waals surface area contributed by atoms with E-state index in [0.29, 0.717) is 0 Å². The maximum Gasteiger partial charge on any atom is 0.204 e. The number of unbranched alkanes of at least 4 members (excludes halogenated alkanes) is 9. The second-order valence-electron chi connectivity index (χ2n) is 10.5. The van der Waals surface area contributed by atoms with E-state index >= 15 is 0 Å². The fourth-order valence-electron chi connectivity index (χ4n) is 5.56. The molecule has 3 rings (SSSR count). The van der Waals surface area contributed by atoms with Crippen molar-refractivity contribution in [3.8, 4) is 11.5 Å². The minimum atomic E-state index is 0.230. The molecule has 206 valence electrons. The minimum Gasteiger partial charge on any atom is -0.496 e. The molecule has 0 spiro atoms. The van der Waals surface area contributed by atoms with E-state index in [2.05, 4.69) is 54.1 Å². The lowest BCUT2D eigenvalue weighted by Crippen LogP contribution is -2.26. The lowest BCUT2D eigenvalue weighted by atomic mass is 9.70. The standard InChI is InChI=1S/C33H49BN2O2/c1-4-5-6-7-8-9-10-11-12-17-26-36-27-25-35-33(36)34-24-18-21-28(29-19-13-15-22-31(29)37-2)30-20-14-16-23-32(30)38-3/h13-16,19-20,22-23,25,27-28,34H,4-12,17-18,21,24,26H2,1-3H3. The van der Waals surface area contributed by atoms with Gasteiger partial charge in [0.2, 0.25) is 7.28 Å². The van der Waals surface area contributed by atoms with Gasteiger partial charge in [-0.1, -0.05) is 114 Å². The highest BCUT2D eigenvalue weighted by atomic mass is 16.5. The van der Waals surface area contributed by atoms with Gasteiger partial charge in [0.15, 0.2) is 0 Å². The number of aromatic nitrogens is 2. The molecule has 4 nitrogen and oxygen atoms in total. The van der Waals surface area contributed by atoms with E-state index < -0.39 is 0 Å². The van der Waals surface area contributed by atoms with Crippen molar-refractivity contribution < 1.29 is 9.47 Å². The highest BCUT2D eigenvalue weighted by molar-refractivity contribution is 6.51. The Morgan fingerprint density at radius 2 is 1.29 bits per heavy atom. The molecule has 0 aliphatic rings. The monoisotopic (exact) mass is 516 g/mol. The number of ether oxygens (including phenoxy) is 2. The second-order valence-corrected chi connectivity index (χ2v) is 10.5. The number of hydrogen-bond donors (Lipinski definition) is 0. The van der Waals surface area contributed by atoms with Crippen LogP contribution in [0.5, 0.6) is 11.5 Å². The molecule has 0 atom stereocenters. The summed E-state index contributed by atoms with van der Waals surface area (Å²) in [7, 11) is 4.54. The van der Waals surface area contributed by atoms with E-state index in [1.807, 2.05) is 18.3 Å². The summed E-state index contributed by atoms with van der Waals surface area (Å²) in [6.07, 6.45) is 21.1. The van der Waals surface area contributed by atoms with Gasteiger partial charge in [0.05, 0.1) is 19.9 Å². The molecule has 0 N–H and O–H groups in total. The molecule has 0 saturated heterocycles. The molecule has 0 fully saturated rings. The maximum atomic E-state index is 5.74. The molecule has 0 aliphatic carbocycles. The highest BCUT2D eigenvalue weighted by Gasteiger charge is 2.21. The van der Waals surface area contributed by atoms with Gasteiger partial charge < -0.3 is 14.0 Å². The Kier molecular flexibility index (Phi) is 14.0. The number of methoxy groups -OCH3 is 2. The van der Waals surface area contributed by atoms with Crippen molar-refractivity contribution in [3.63, 3.8) is 0 Å². The molecule has 0 bridgehead atoms. The molecule has 38 heavy (non-hydrogen) atoms. The van der Waals surface area contributed by atoms with Crippen molar-refractivity contribution in [2.45, 2.75) is 103 Å². The van der Waals surface area contributed by atoms with Crippen LogP contribution in [0.2, 0.25) is 6.32 Å². The molecule has 0 amide bonds. The molecular formula is C33H49BN2O2. The molecule has 0 saturated carbocycles. The first kappa shape index (κ1) is 29.9. The zero-order chi connectivity index (χ0) is 26.8. The average Bonchev–Trinajstić information content (AvgIpc) is 3.41. The topological polar surface area (TPSA) is 36.3 Å². The van der Waals surface area contributed by atoms with E-state index in [4.69, 9.17) is 14.5 Å². The molecule has 1 heterocycles. The molecule has 2 aromatic carbocycles. The summed E-state index contributed by atoms with van der Waals surface area (Å²) in [5.74, 6) is 2.11. The van der Waals surface area contributed by atoms with Gasteiger partial charge in [0, 0.05) is 36.0 Å². The van der Waals surface area contributed by atoms with Crippen LogP contribution in [-0.2, 0) is 6.54 Å². The van der Waals surface area contributed by atoms with Crippen LogP contribution < -0.4 is 15.2 Å². The zero-order valence-electron chi connectivity index (χ0n) is 24.2. The summed E-state index contributed by atoms with van der Waals surface area (Å²) in [6, 6.07) is 16.8. The van der Waals surface area contributed by atoms with E-state index in [9.17, 15) is 0 Å². The van der Waals surface area contributed by atoms with Crippen LogP contribution in [0.25, 0.3) is 0 Å². The molecule has 5 heteroatoms. The number of nitrogens with zero attached hydrogens (tertiary/aromatic N) is 2. The number of benzene rings is 2. The normalized spacial score (nSPS) is 11.2. The summed E-state index contributed by atoms with van der Waals surface area (Å²) in [6.45, 7) is 3.38. The van der Waals surface area contributed by atoms with Crippen LogP contribution >= 0.6 is 0 Å². The quantitative estimate of drug-likeness (QED) is 0.113. The van der Waals surface area contributed by atoms with Gasteiger partial charge in [-0.05, 0) is 25.0 Å². The smallest absolute Gasteiger partial charge is 0.204 e. The van der Waals surface area contributed by atoms with E-state index in [-0.39, 0.29) is 5.92 Å². The summed E-state index contributed by atoms with van der Waals surface area (Å²) >= 11 is 0. The van der Waals surface area contributed by atoms with Crippen LogP contribution in [0.15, 0.2) is 60.9 Å². The number of rotatable bonds is 20. The number of aryl methyl sites for hydroxylation is 1. The Morgan fingerprint density at radius 3 is 1.87 bits per heavy atom. The minimum absolute atomic E-state index is 0.230. The number of imidazole rings is 1. The lowest BCUT2D eigenvalue weighted by Gasteiger charge is -2.22. The van der Waals surface area contributed by atoms with Crippen LogP contribution in [0.1, 0.15) is 101 Å². The molecule has 0 radical (unpaired) electrons. The predicted octanol–water partition coefficient (Wildman–Crippen LogP) is 7.91. The SMILES string of the molecule is CCCCCCCCCCCCn1ccnc1BCCCC(c1ccccc1OC)c1ccccc1OC. The highest BCUT2D eigenvalue weighted by Crippen LogP contribution is 2.39. The zero-order valence-corrected chi connectivity index (χ0v) is 24.2. The Morgan fingerprint density at radius 1 is 0.737 bits per heavy atom. The molecular weight excluding hydrogens is 467 g/mol. The average molecular weight is 517 g/mol. The van der Waals surface area contributed by atoms with Crippen molar-refractivity contribution in [1.82, 2.24) is 9.55 Å². The van der Waals surface area contributed by atoms with Crippen molar-refractivity contribution >= 4 is 13.0 Å². The summed E-state index contributed by atoms with van der Waals surface area (Å²) in [5.41, 5.74) is 3.68. The van der Waals surface area contributed by atoms with Crippen LogP contribution in [-0.4, -0.2) is 31.1 Å². The van der Waals surface area contributed by atoms with Gasteiger partial charge in [-0.25, -0.2) is 0 Å². The third-order valence-electron chi connectivity index (χ3n) is 7.73. The van der Waals surface area contributed by atoms with Gasteiger partial charge in [-0.15, -0.1) is 0 Å². The second kappa shape index (κ2) is 17.8. The fourth-order valence-corrected chi connectivity index (χ4v) is 5.56. The third-order valence-corrected chi connectivity index (χ3v) is 7.73. The lowest BCUT2D eigenvalue weighted by molar-refractivity contribution is 0.397. The van der Waals surface area contributed by atoms with Crippen molar-refractivity contribution in [3.05, 3.63) is 72.1 Å². The first-order valence-corrected chi connectivity index (χ1v) is 15.0. The Bertz CT molecular complexity index is 988. The maximum absolute atomic E-state index is 5.74. The fraction of sp³-hybridized carbons (Fsp3) is 0.545. The van der Waals surface area contributed by atoms with E-state index in [0.717, 1.165) is 44.5 Å². The van der Waals surface area contributed by atoms with E-state index in [1.165, 1.54) is 81.1 Å². The third kappa shape index (κ3) is 9.56. The Hall–Kier alpha value is -2.69. The van der Waals surface area contributed by atoms with Gasteiger partial charge in [0.1, 0.15) is 11.5 Å². The first-order valence-electron chi connectivity index (χ1n) is 15.0. The van der Waals surface area contributed by atoms with Gasteiger partial charge >= 0.3 is 0 Å². The van der Waals surface area contributed by atoms with Crippen LogP contribution in [0.3, 0.4) is 0 Å². The Labute approximate surface area is 232 Å². The Balaban J connectivity index is 1.46. The molecule has 3 aromatic rings. The number of para-hydroxylation sites is 2.